The van der Waals surface area contributed by atoms with Crippen molar-refractivity contribution in [2.45, 2.75) is 300 Å². The lowest BCUT2D eigenvalue weighted by Crippen LogP contribution is -2.55. The van der Waals surface area contributed by atoms with Crippen molar-refractivity contribution in [2.24, 2.45) is 23.7 Å². The lowest BCUT2D eigenvalue weighted by Gasteiger charge is -2.43. The van der Waals surface area contributed by atoms with Crippen molar-refractivity contribution in [1.82, 2.24) is 0 Å². The van der Waals surface area contributed by atoms with Crippen molar-refractivity contribution in [3.63, 3.8) is 0 Å². The van der Waals surface area contributed by atoms with Gasteiger partial charge in [0, 0.05) is 0 Å². The van der Waals surface area contributed by atoms with Crippen molar-refractivity contribution >= 4 is 0 Å². The zero-order valence-corrected chi connectivity index (χ0v) is 50.8. The second-order valence-electron chi connectivity index (χ2n) is 27.4. The van der Waals surface area contributed by atoms with E-state index in [0.717, 1.165) is 45.9 Å². The molecule has 2 atom stereocenters. The van der Waals surface area contributed by atoms with Gasteiger partial charge in [0.1, 0.15) is 23.4 Å². The van der Waals surface area contributed by atoms with Gasteiger partial charge in [-0.15, -0.1) is 0 Å². The third kappa shape index (κ3) is 14.9. The Morgan fingerprint density at radius 1 is 0.329 bits per heavy atom. The second-order valence-corrected chi connectivity index (χ2v) is 27.4. The van der Waals surface area contributed by atoms with E-state index in [4.69, 9.17) is 9.47 Å². The molecule has 0 aromatic heterocycles. The highest BCUT2D eigenvalue weighted by molar-refractivity contribution is 5.46. The minimum absolute atomic E-state index is 0.529. The average Bonchev–Trinajstić information content (AvgIpc) is 4.10. The molecule has 4 aromatic rings. The summed E-state index contributed by atoms with van der Waals surface area (Å²) in [6.07, 6.45) is 39.7. The average molecular weight is 1080 g/mol. The van der Waals surface area contributed by atoms with Crippen molar-refractivity contribution < 1.29 is 19.7 Å². The smallest absolute Gasteiger partial charge is 0.164 e. The highest BCUT2D eigenvalue weighted by atomic mass is 16.8. The molecule has 4 aliphatic carbocycles. The first-order valence-electron chi connectivity index (χ1n) is 33.7. The Kier molecular flexibility index (Phi) is 22.0. The Morgan fingerprint density at radius 3 is 0.722 bits per heavy atom. The van der Waals surface area contributed by atoms with Gasteiger partial charge in [0.25, 0.3) is 0 Å². The molecule has 9 rings (SSSR count). The standard InChI is InChI=1S/C75H110O4/c1-7-11-15-19-55-23-31-59(32-24-55)63-39-47-67(48-40-63)74(76,68-49-41-64(42-50-68)60-33-25-56(26-34-60)20-16-12-8-2)71-72(79-73(5,6)78-71)75(77,69-51-43-65(44-52-69)61-35-27-57(28-36-61)21-17-13-9-3)70-53-45-66(46-54-70)62-37-29-58(30-38-62)22-18-14-10-4/h39-62,71-72,76-77H,7-38H2,1-6H3/t55?,56?,57?,58?,59?,60?,61?,62?,71-,72-,74?,75?/m0/s1. The van der Waals surface area contributed by atoms with Gasteiger partial charge in [-0.1, -0.05) is 227 Å². The Balaban J connectivity index is 1.06. The SMILES string of the molecule is CCCCCC1CCC(c2ccc(C(O)(c3ccc(C4CCC(CCCCC)CC4)cc3)[C@H]3OC(C)(C)O[C@@H]3C(O)(c3ccc(C4CCC(CCCCC)CC4)cc3)c3ccc(C4CCC(CCCCC)CC4)cc3)cc2)CC1. The van der Waals surface area contributed by atoms with Crippen LogP contribution in [0.5, 0.6) is 0 Å². The van der Waals surface area contributed by atoms with E-state index < -0.39 is 29.2 Å². The fourth-order valence-corrected chi connectivity index (χ4v) is 16.3. The van der Waals surface area contributed by atoms with Crippen molar-refractivity contribution in [2.75, 3.05) is 0 Å². The van der Waals surface area contributed by atoms with E-state index in [1.54, 1.807) is 0 Å². The van der Waals surface area contributed by atoms with Crippen molar-refractivity contribution in [3.05, 3.63) is 142 Å². The fourth-order valence-electron chi connectivity index (χ4n) is 16.3. The van der Waals surface area contributed by atoms with E-state index in [1.165, 1.54) is 228 Å². The Hall–Kier alpha value is -3.28. The first-order valence-corrected chi connectivity index (χ1v) is 33.7. The molecule has 0 radical (unpaired) electrons. The molecule has 5 aliphatic rings. The summed E-state index contributed by atoms with van der Waals surface area (Å²) in [5.41, 5.74) is 5.27. The molecular weight excluding hydrogens is 965 g/mol. The summed E-state index contributed by atoms with van der Waals surface area (Å²) >= 11 is 0. The number of benzene rings is 4. The molecule has 2 N–H and O–H groups in total. The van der Waals surface area contributed by atoms with Crippen LogP contribution < -0.4 is 0 Å². The van der Waals surface area contributed by atoms with Crippen LogP contribution in [0.3, 0.4) is 0 Å². The molecule has 0 amide bonds. The number of ether oxygens (including phenoxy) is 2. The maximum Gasteiger partial charge on any atom is 0.164 e. The Bertz CT molecular complexity index is 2040. The highest BCUT2D eigenvalue weighted by Gasteiger charge is 2.61. The van der Waals surface area contributed by atoms with Gasteiger partial charge in [0.15, 0.2) is 5.79 Å². The predicted molar refractivity (Wildman–Crippen MR) is 331 cm³/mol. The molecule has 4 aromatic carbocycles. The molecular formula is C75H110O4. The van der Waals surface area contributed by atoms with Crippen LogP contribution in [-0.2, 0) is 20.7 Å². The molecule has 0 spiro atoms. The van der Waals surface area contributed by atoms with Gasteiger partial charge in [-0.3, -0.25) is 0 Å². The summed E-state index contributed by atoms with van der Waals surface area (Å²) < 4.78 is 14.4. The summed E-state index contributed by atoms with van der Waals surface area (Å²) in [6, 6.07) is 35.8. The largest absolute Gasteiger partial charge is 0.378 e. The van der Waals surface area contributed by atoms with Crippen LogP contribution in [0.25, 0.3) is 0 Å². The zero-order valence-electron chi connectivity index (χ0n) is 50.8. The highest BCUT2D eigenvalue weighted by Crippen LogP contribution is 2.52. The zero-order chi connectivity index (χ0) is 55.2. The van der Waals surface area contributed by atoms with Crippen LogP contribution >= 0.6 is 0 Å². The van der Waals surface area contributed by atoms with Gasteiger partial charge in [-0.2, -0.15) is 0 Å². The first kappa shape index (κ1) is 60.3. The lowest BCUT2D eigenvalue weighted by molar-refractivity contribution is -0.172. The van der Waals surface area contributed by atoms with Crippen molar-refractivity contribution in [1.29, 1.82) is 0 Å². The maximum atomic E-state index is 14.3. The number of unbranched alkanes of at least 4 members (excludes halogenated alkanes) is 8. The number of hydrogen-bond donors (Lipinski definition) is 2. The molecule has 5 fully saturated rings. The van der Waals surface area contributed by atoms with E-state index in [9.17, 15) is 10.2 Å². The molecule has 4 heteroatoms. The third-order valence-electron chi connectivity index (χ3n) is 21.5. The Morgan fingerprint density at radius 2 is 0.532 bits per heavy atom. The van der Waals surface area contributed by atoms with Gasteiger partial charge in [0.05, 0.1) is 0 Å². The van der Waals surface area contributed by atoms with Crippen LogP contribution in [0.1, 0.15) is 315 Å². The van der Waals surface area contributed by atoms with E-state index in [-0.39, 0.29) is 0 Å². The molecule has 4 nitrogen and oxygen atoms in total. The van der Waals surface area contributed by atoms with E-state index in [0.29, 0.717) is 23.7 Å². The minimum Gasteiger partial charge on any atom is -0.378 e. The predicted octanol–water partition coefficient (Wildman–Crippen LogP) is 20.8. The third-order valence-corrected chi connectivity index (χ3v) is 21.5. The molecule has 0 bridgehead atoms. The van der Waals surface area contributed by atoms with Crippen LogP contribution in [0.2, 0.25) is 0 Å². The van der Waals surface area contributed by atoms with Gasteiger partial charge in [-0.25, -0.2) is 0 Å². The molecule has 1 aliphatic heterocycles. The molecule has 1 heterocycles. The number of hydrogen-bond acceptors (Lipinski definition) is 4. The monoisotopic (exact) mass is 1070 g/mol. The summed E-state index contributed by atoms with van der Waals surface area (Å²) in [4.78, 5) is 0. The van der Waals surface area contributed by atoms with Crippen LogP contribution in [0, 0.1) is 23.7 Å². The van der Waals surface area contributed by atoms with Crippen molar-refractivity contribution in [3.8, 4) is 0 Å². The summed E-state index contributed by atoms with van der Waals surface area (Å²) in [7, 11) is 0. The molecule has 4 saturated carbocycles. The molecule has 434 valence electrons. The van der Waals surface area contributed by atoms with Gasteiger partial charge in [-0.05, 0) is 208 Å². The fraction of sp³-hybridized carbons (Fsp3) is 0.680. The van der Waals surface area contributed by atoms with Gasteiger partial charge >= 0.3 is 0 Å². The maximum absolute atomic E-state index is 14.3. The quantitative estimate of drug-likeness (QED) is 0.0615. The normalized spacial score (nSPS) is 29.0. The van der Waals surface area contributed by atoms with Crippen LogP contribution in [0.15, 0.2) is 97.1 Å². The summed E-state index contributed by atoms with van der Waals surface area (Å²) in [5.74, 6) is 4.41. The summed E-state index contributed by atoms with van der Waals surface area (Å²) in [6.45, 7) is 13.2. The molecule has 79 heavy (non-hydrogen) atoms. The van der Waals surface area contributed by atoms with E-state index in [2.05, 4.69) is 125 Å². The molecule has 0 unspecified atom stereocenters. The summed E-state index contributed by atoms with van der Waals surface area (Å²) in [5, 5.41) is 28.6. The number of rotatable bonds is 26. The molecule has 1 saturated heterocycles. The Labute approximate surface area is 482 Å². The second kappa shape index (κ2) is 28.8. The number of aliphatic hydroxyl groups is 2. The van der Waals surface area contributed by atoms with E-state index >= 15 is 0 Å². The van der Waals surface area contributed by atoms with E-state index in [1.807, 2.05) is 13.8 Å². The minimum atomic E-state index is -1.66. The van der Waals surface area contributed by atoms with Gasteiger partial charge in [0.2, 0.25) is 0 Å². The first-order chi connectivity index (χ1) is 38.4. The topological polar surface area (TPSA) is 58.9 Å². The van der Waals surface area contributed by atoms with Gasteiger partial charge < -0.3 is 19.7 Å². The van der Waals surface area contributed by atoms with Crippen LogP contribution in [0.4, 0.5) is 0 Å². The lowest BCUT2D eigenvalue weighted by atomic mass is 9.70. The van der Waals surface area contributed by atoms with Crippen LogP contribution in [-0.4, -0.2) is 28.2 Å².